The van der Waals surface area contributed by atoms with Gasteiger partial charge in [-0.2, -0.15) is 4.39 Å². The smallest absolute Gasteiger partial charge is 0.305 e. The first-order chi connectivity index (χ1) is 8.62. The van der Waals surface area contributed by atoms with Gasteiger partial charge in [-0.15, -0.1) is 0 Å². The van der Waals surface area contributed by atoms with Gasteiger partial charge in [0.2, 0.25) is 5.82 Å². The number of rotatable bonds is 4. The number of halogens is 2. The number of nitrogens with zero attached hydrogens (tertiary/aromatic N) is 1. The zero-order valence-corrected chi connectivity index (χ0v) is 11.5. The van der Waals surface area contributed by atoms with Crippen LogP contribution in [0.4, 0.5) is 14.5 Å². The van der Waals surface area contributed by atoms with Gasteiger partial charge in [0.1, 0.15) is 5.82 Å². The van der Waals surface area contributed by atoms with Crippen LogP contribution in [0.25, 0.3) is 0 Å². The second-order valence-electron chi connectivity index (χ2n) is 5.62. The van der Waals surface area contributed by atoms with Crippen LogP contribution in [0.3, 0.4) is 0 Å². The van der Waals surface area contributed by atoms with E-state index in [0.29, 0.717) is 6.07 Å². The summed E-state index contributed by atoms with van der Waals surface area (Å²) in [4.78, 5) is 9.75. The van der Waals surface area contributed by atoms with Gasteiger partial charge < -0.3 is 5.32 Å². The summed E-state index contributed by atoms with van der Waals surface area (Å²) >= 11 is 0. The second-order valence-corrected chi connectivity index (χ2v) is 5.62. The Morgan fingerprint density at radius 3 is 2.37 bits per heavy atom. The van der Waals surface area contributed by atoms with Crippen molar-refractivity contribution >= 4 is 5.69 Å². The molecule has 1 aromatic carbocycles. The molecule has 4 nitrogen and oxygen atoms in total. The van der Waals surface area contributed by atoms with Crippen molar-refractivity contribution < 1.29 is 13.7 Å². The third-order valence-electron chi connectivity index (χ3n) is 3.21. The fraction of sp³-hybridized carbons (Fsp3) is 0.538. The molecule has 0 aliphatic rings. The highest BCUT2D eigenvalue weighted by Gasteiger charge is 2.22. The highest BCUT2D eigenvalue weighted by molar-refractivity contribution is 5.37. The maximum absolute atomic E-state index is 13.5. The van der Waals surface area contributed by atoms with Gasteiger partial charge in [0.15, 0.2) is 0 Å². The van der Waals surface area contributed by atoms with Crippen molar-refractivity contribution in [1.82, 2.24) is 5.32 Å². The van der Waals surface area contributed by atoms with Crippen molar-refractivity contribution in [2.75, 3.05) is 0 Å². The number of benzene rings is 1. The van der Waals surface area contributed by atoms with Crippen LogP contribution in [0.1, 0.15) is 33.3 Å². The second kappa shape index (κ2) is 5.61. The zero-order chi connectivity index (χ0) is 14.8. The number of nitro benzene ring substituents is 1. The predicted octanol–water partition coefficient (Wildman–Crippen LogP) is 3.40. The maximum atomic E-state index is 13.5. The minimum atomic E-state index is -1.16. The fourth-order valence-electron chi connectivity index (χ4n) is 1.43. The maximum Gasteiger partial charge on any atom is 0.305 e. The molecule has 0 fully saturated rings. The monoisotopic (exact) mass is 272 g/mol. The lowest BCUT2D eigenvalue weighted by Gasteiger charge is -2.28. The lowest BCUT2D eigenvalue weighted by molar-refractivity contribution is -0.387. The number of nitrogens with one attached hydrogen (secondary N) is 1. The van der Waals surface area contributed by atoms with Gasteiger partial charge in [-0.25, -0.2) is 4.39 Å². The van der Waals surface area contributed by atoms with E-state index in [2.05, 4.69) is 5.32 Å². The average Bonchev–Trinajstić information content (AvgIpc) is 2.25. The normalized spacial score (nSPS) is 13.4. The first-order valence-corrected chi connectivity index (χ1v) is 5.98. The van der Waals surface area contributed by atoms with Gasteiger partial charge in [-0.3, -0.25) is 10.1 Å². The molecule has 106 valence electrons. The molecule has 19 heavy (non-hydrogen) atoms. The highest BCUT2D eigenvalue weighted by Crippen LogP contribution is 2.23. The Hall–Kier alpha value is -1.56. The minimum Gasteiger partial charge on any atom is -0.310 e. The molecule has 1 atom stereocenters. The molecule has 0 aliphatic carbocycles. The van der Waals surface area contributed by atoms with Crippen LogP contribution in [-0.2, 0) is 6.54 Å². The molecule has 0 radical (unpaired) electrons. The molecule has 1 unspecified atom stereocenters. The van der Waals surface area contributed by atoms with E-state index < -0.39 is 22.2 Å². The van der Waals surface area contributed by atoms with Gasteiger partial charge in [-0.05, 0) is 12.3 Å². The Morgan fingerprint density at radius 2 is 1.89 bits per heavy atom. The lowest BCUT2D eigenvalue weighted by atomic mass is 9.88. The summed E-state index contributed by atoms with van der Waals surface area (Å²) in [6.45, 7) is 8.12. The van der Waals surface area contributed by atoms with Crippen LogP contribution < -0.4 is 5.32 Å². The van der Waals surface area contributed by atoms with Gasteiger partial charge >= 0.3 is 5.69 Å². The van der Waals surface area contributed by atoms with Crippen molar-refractivity contribution in [3.8, 4) is 0 Å². The summed E-state index contributed by atoms with van der Waals surface area (Å²) < 4.78 is 26.7. The van der Waals surface area contributed by atoms with Gasteiger partial charge in [-0.1, -0.05) is 20.8 Å². The van der Waals surface area contributed by atoms with Gasteiger partial charge in [0.25, 0.3) is 0 Å². The predicted molar refractivity (Wildman–Crippen MR) is 68.8 cm³/mol. The van der Waals surface area contributed by atoms with Gasteiger partial charge in [0.05, 0.1) is 4.92 Å². The first kappa shape index (κ1) is 15.5. The molecule has 0 heterocycles. The van der Waals surface area contributed by atoms with Crippen molar-refractivity contribution in [2.24, 2.45) is 5.41 Å². The quantitative estimate of drug-likeness (QED) is 0.675. The van der Waals surface area contributed by atoms with Crippen LogP contribution in [-0.4, -0.2) is 11.0 Å². The Bertz CT molecular complexity index is 484. The summed E-state index contributed by atoms with van der Waals surface area (Å²) in [6.07, 6.45) is 0. The number of hydrogen-bond donors (Lipinski definition) is 1. The van der Waals surface area contributed by atoms with E-state index in [0.717, 1.165) is 6.07 Å². The SMILES string of the molecule is CC(NCc1cc([N+](=O)[O-])c(F)cc1F)C(C)(C)C. The Balaban J connectivity index is 2.90. The third kappa shape index (κ3) is 3.96. The minimum absolute atomic E-state index is 0.0254. The van der Waals surface area contributed by atoms with E-state index in [1.165, 1.54) is 0 Å². The number of nitro groups is 1. The third-order valence-corrected chi connectivity index (χ3v) is 3.21. The molecule has 0 spiro atoms. The largest absolute Gasteiger partial charge is 0.310 e. The summed E-state index contributed by atoms with van der Waals surface area (Å²) in [6, 6.07) is 1.57. The zero-order valence-electron chi connectivity index (χ0n) is 11.5. The first-order valence-electron chi connectivity index (χ1n) is 5.98. The molecule has 6 heteroatoms. The molecule has 0 saturated carbocycles. The summed E-state index contributed by atoms with van der Waals surface area (Å²) in [7, 11) is 0. The van der Waals surface area contributed by atoms with E-state index in [9.17, 15) is 18.9 Å². The van der Waals surface area contributed by atoms with E-state index in [1.54, 1.807) is 0 Å². The molecular formula is C13H18F2N2O2. The highest BCUT2D eigenvalue weighted by atomic mass is 19.1. The lowest BCUT2D eigenvalue weighted by Crippen LogP contribution is -2.37. The summed E-state index contributed by atoms with van der Waals surface area (Å²) in [5.74, 6) is -1.94. The molecule has 1 N–H and O–H groups in total. The molecule has 0 saturated heterocycles. The molecule has 1 aromatic rings. The number of hydrogen-bond acceptors (Lipinski definition) is 3. The van der Waals surface area contributed by atoms with Crippen LogP contribution in [0, 0.1) is 27.2 Å². The Labute approximate surface area is 111 Å². The Morgan fingerprint density at radius 1 is 1.32 bits per heavy atom. The van der Waals surface area contributed by atoms with E-state index in [1.807, 2.05) is 27.7 Å². The molecule has 1 rings (SSSR count). The molecule has 0 aromatic heterocycles. The molecular weight excluding hydrogens is 254 g/mol. The molecule has 0 amide bonds. The fourth-order valence-corrected chi connectivity index (χ4v) is 1.43. The molecule has 0 aliphatic heterocycles. The Kier molecular flexibility index (Phi) is 4.57. The average molecular weight is 272 g/mol. The van der Waals surface area contributed by atoms with Crippen LogP contribution >= 0.6 is 0 Å². The summed E-state index contributed by atoms with van der Waals surface area (Å²) in [5, 5.41) is 13.7. The van der Waals surface area contributed by atoms with E-state index in [-0.39, 0.29) is 23.6 Å². The van der Waals surface area contributed by atoms with Crippen LogP contribution in [0.5, 0.6) is 0 Å². The van der Waals surface area contributed by atoms with E-state index >= 15 is 0 Å². The van der Waals surface area contributed by atoms with Crippen molar-refractivity contribution in [3.63, 3.8) is 0 Å². The van der Waals surface area contributed by atoms with Crippen molar-refractivity contribution in [3.05, 3.63) is 39.4 Å². The van der Waals surface area contributed by atoms with Crippen LogP contribution in [0.15, 0.2) is 12.1 Å². The van der Waals surface area contributed by atoms with Crippen molar-refractivity contribution in [2.45, 2.75) is 40.3 Å². The van der Waals surface area contributed by atoms with Crippen molar-refractivity contribution in [1.29, 1.82) is 0 Å². The van der Waals surface area contributed by atoms with Gasteiger partial charge in [0, 0.05) is 30.3 Å². The van der Waals surface area contributed by atoms with Crippen LogP contribution in [0.2, 0.25) is 0 Å². The van der Waals surface area contributed by atoms with E-state index in [4.69, 9.17) is 0 Å². The summed E-state index contributed by atoms with van der Waals surface area (Å²) in [5.41, 5.74) is -0.645. The standard InChI is InChI=1S/C13H18F2N2O2/c1-8(13(2,3)4)16-7-9-5-12(17(18)19)11(15)6-10(9)14/h5-6,8,16H,7H2,1-4H3. The topological polar surface area (TPSA) is 55.2 Å². The molecule has 0 bridgehead atoms.